The lowest BCUT2D eigenvalue weighted by molar-refractivity contribution is 0.0368. The molecule has 1 fully saturated rings. The summed E-state index contributed by atoms with van der Waals surface area (Å²) >= 11 is 0. The minimum atomic E-state index is 0.633. The number of likely N-dealkylation sites (tertiary alicyclic amines) is 1. The van der Waals surface area contributed by atoms with Crippen LogP contribution in [0.1, 0.15) is 20.3 Å². The first-order valence-corrected chi connectivity index (χ1v) is 5.62. The maximum atomic E-state index is 5.68. The van der Waals surface area contributed by atoms with Crippen LogP contribution in [0.4, 0.5) is 0 Å². The first kappa shape index (κ1) is 12.0. The van der Waals surface area contributed by atoms with E-state index in [2.05, 4.69) is 18.7 Å². The summed E-state index contributed by atoms with van der Waals surface area (Å²) in [5.74, 6) is 1.34. The standard InChI is InChI=1S/C11H24N2O/c1-9(2)10(8-14-3)7-13-5-4-11(13)6-12/h9-11H,4-8,12H2,1-3H3. The number of hydrogen-bond donors (Lipinski definition) is 1. The van der Waals surface area contributed by atoms with Crippen molar-refractivity contribution in [2.24, 2.45) is 17.6 Å². The predicted octanol–water partition coefficient (Wildman–Crippen LogP) is 0.938. The van der Waals surface area contributed by atoms with E-state index in [4.69, 9.17) is 10.5 Å². The van der Waals surface area contributed by atoms with Crippen molar-refractivity contribution in [3.8, 4) is 0 Å². The van der Waals surface area contributed by atoms with Gasteiger partial charge >= 0.3 is 0 Å². The molecule has 0 amide bonds. The molecule has 14 heavy (non-hydrogen) atoms. The van der Waals surface area contributed by atoms with E-state index in [0.717, 1.165) is 19.7 Å². The number of hydrogen-bond acceptors (Lipinski definition) is 3. The second-order valence-electron chi connectivity index (χ2n) is 4.63. The molecule has 2 N–H and O–H groups in total. The van der Waals surface area contributed by atoms with Crippen molar-refractivity contribution < 1.29 is 4.74 Å². The molecule has 0 radical (unpaired) electrons. The van der Waals surface area contributed by atoms with E-state index < -0.39 is 0 Å². The van der Waals surface area contributed by atoms with Gasteiger partial charge in [0.2, 0.25) is 0 Å². The van der Waals surface area contributed by atoms with Crippen LogP contribution in [0.2, 0.25) is 0 Å². The van der Waals surface area contributed by atoms with Gasteiger partial charge in [-0.3, -0.25) is 4.90 Å². The molecule has 84 valence electrons. The lowest BCUT2D eigenvalue weighted by atomic mass is 9.92. The lowest BCUT2D eigenvalue weighted by Crippen LogP contribution is -2.54. The van der Waals surface area contributed by atoms with E-state index in [9.17, 15) is 0 Å². The van der Waals surface area contributed by atoms with Gasteiger partial charge in [-0.2, -0.15) is 0 Å². The van der Waals surface area contributed by atoms with Crippen LogP contribution in [-0.2, 0) is 4.74 Å². The molecule has 2 unspecified atom stereocenters. The number of rotatable bonds is 6. The van der Waals surface area contributed by atoms with Gasteiger partial charge in [-0.25, -0.2) is 0 Å². The second-order valence-corrected chi connectivity index (χ2v) is 4.63. The van der Waals surface area contributed by atoms with Crippen LogP contribution in [0.15, 0.2) is 0 Å². The van der Waals surface area contributed by atoms with Crippen LogP contribution in [0, 0.1) is 11.8 Å². The normalized spacial score (nSPS) is 25.1. The molecular weight excluding hydrogens is 176 g/mol. The molecule has 1 aliphatic heterocycles. The Bertz CT molecular complexity index is 159. The zero-order valence-corrected chi connectivity index (χ0v) is 9.70. The third kappa shape index (κ3) is 2.94. The summed E-state index contributed by atoms with van der Waals surface area (Å²) in [5, 5.41) is 0. The fourth-order valence-corrected chi connectivity index (χ4v) is 1.97. The van der Waals surface area contributed by atoms with E-state index in [0.29, 0.717) is 17.9 Å². The van der Waals surface area contributed by atoms with Crippen LogP contribution in [0.25, 0.3) is 0 Å². The summed E-state index contributed by atoms with van der Waals surface area (Å²) in [6.07, 6.45) is 1.27. The zero-order chi connectivity index (χ0) is 10.6. The maximum absolute atomic E-state index is 5.68. The van der Waals surface area contributed by atoms with Gasteiger partial charge in [0.15, 0.2) is 0 Å². The molecule has 0 saturated carbocycles. The molecule has 0 bridgehead atoms. The van der Waals surface area contributed by atoms with Crippen molar-refractivity contribution in [2.45, 2.75) is 26.3 Å². The highest BCUT2D eigenvalue weighted by molar-refractivity contribution is 4.85. The van der Waals surface area contributed by atoms with Crippen molar-refractivity contribution in [2.75, 3.05) is 33.4 Å². The molecule has 0 spiro atoms. The molecule has 1 rings (SSSR count). The van der Waals surface area contributed by atoms with E-state index >= 15 is 0 Å². The molecule has 1 saturated heterocycles. The number of nitrogens with zero attached hydrogens (tertiary/aromatic N) is 1. The first-order chi connectivity index (χ1) is 6.69. The van der Waals surface area contributed by atoms with Crippen molar-refractivity contribution in [1.82, 2.24) is 4.90 Å². The summed E-state index contributed by atoms with van der Waals surface area (Å²) in [5.41, 5.74) is 5.68. The lowest BCUT2D eigenvalue weighted by Gasteiger charge is -2.43. The van der Waals surface area contributed by atoms with Gasteiger partial charge in [-0.1, -0.05) is 13.8 Å². The molecule has 0 aromatic carbocycles. The quantitative estimate of drug-likeness (QED) is 0.693. The highest BCUT2D eigenvalue weighted by Crippen LogP contribution is 2.21. The average molecular weight is 200 g/mol. The summed E-state index contributed by atoms with van der Waals surface area (Å²) in [6, 6.07) is 0.633. The van der Waals surface area contributed by atoms with Crippen LogP contribution >= 0.6 is 0 Å². The highest BCUT2D eigenvalue weighted by atomic mass is 16.5. The Kier molecular flexibility index (Phi) is 4.85. The smallest absolute Gasteiger partial charge is 0.0505 e. The van der Waals surface area contributed by atoms with Crippen LogP contribution < -0.4 is 5.73 Å². The van der Waals surface area contributed by atoms with Crippen LogP contribution in [0.5, 0.6) is 0 Å². The maximum Gasteiger partial charge on any atom is 0.0505 e. The fourth-order valence-electron chi connectivity index (χ4n) is 1.97. The van der Waals surface area contributed by atoms with Crippen molar-refractivity contribution >= 4 is 0 Å². The topological polar surface area (TPSA) is 38.5 Å². The molecule has 0 aliphatic carbocycles. The average Bonchev–Trinajstić information content (AvgIpc) is 2.10. The molecular formula is C11H24N2O. The van der Waals surface area contributed by atoms with E-state index in [1.807, 2.05) is 0 Å². The molecule has 0 aromatic rings. The minimum absolute atomic E-state index is 0.633. The van der Waals surface area contributed by atoms with Crippen molar-refractivity contribution in [1.29, 1.82) is 0 Å². The zero-order valence-electron chi connectivity index (χ0n) is 9.70. The van der Waals surface area contributed by atoms with Gasteiger partial charge < -0.3 is 10.5 Å². The molecule has 1 heterocycles. The largest absolute Gasteiger partial charge is 0.384 e. The Labute approximate surface area is 87.6 Å². The Balaban J connectivity index is 2.31. The van der Waals surface area contributed by atoms with Gasteiger partial charge in [0.05, 0.1) is 6.61 Å². The molecule has 2 atom stereocenters. The SMILES string of the molecule is COCC(CN1CCC1CN)C(C)C. The summed E-state index contributed by atoms with van der Waals surface area (Å²) < 4.78 is 5.25. The molecule has 3 heteroatoms. The van der Waals surface area contributed by atoms with Gasteiger partial charge in [0, 0.05) is 32.8 Å². The van der Waals surface area contributed by atoms with Crippen molar-refractivity contribution in [3.05, 3.63) is 0 Å². The summed E-state index contributed by atoms with van der Waals surface area (Å²) in [4.78, 5) is 2.49. The van der Waals surface area contributed by atoms with E-state index in [1.54, 1.807) is 7.11 Å². The number of nitrogens with two attached hydrogens (primary N) is 1. The third-order valence-corrected chi connectivity index (χ3v) is 3.33. The summed E-state index contributed by atoms with van der Waals surface area (Å²) in [7, 11) is 1.78. The number of ether oxygens (including phenoxy) is 1. The first-order valence-electron chi connectivity index (χ1n) is 5.62. The molecule has 1 aliphatic rings. The second kappa shape index (κ2) is 5.69. The van der Waals surface area contributed by atoms with Crippen molar-refractivity contribution in [3.63, 3.8) is 0 Å². The summed E-state index contributed by atoms with van der Waals surface area (Å²) in [6.45, 7) is 8.56. The highest BCUT2D eigenvalue weighted by Gasteiger charge is 2.29. The van der Waals surface area contributed by atoms with Gasteiger partial charge in [-0.15, -0.1) is 0 Å². The van der Waals surface area contributed by atoms with Gasteiger partial charge in [-0.05, 0) is 18.3 Å². The Morgan fingerprint density at radius 1 is 1.50 bits per heavy atom. The predicted molar refractivity (Wildman–Crippen MR) is 59.2 cm³/mol. The number of methoxy groups -OCH3 is 1. The third-order valence-electron chi connectivity index (χ3n) is 3.33. The fraction of sp³-hybridized carbons (Fsp3) is 1.00. The van der Waals surface area contributed by atoms with Crippen LogP contribution in [0.3, 0.4) is 0 Å². The van der Waals surface area contributed by atoms with E-state index in [1.165, 1.54) is 13.0 Å². The van der Waals surface area contributed by atoms with Crippen LogP contribution in [-0.4, -0.2) is 44.3 Å². The Morgan fingerprint density at radius 2 is 2.21 bits per heavy atom. The minimum Gasteiger partial charge on any atom is -0.384 e. The molecule has 0 aromatic heterocycles. The monoisotopic (exact) mass is 200 g/mol. The Morgan fingerprint density at radius 3 is 2.57 bits per heavy atom. The van der Waals surface area contributed by atoms with Gasteiger partial charge in [0.1, 0.15) is 0 Å². The molecule has 3 nitrogen and oxygen atoms in total. The Hall–Kier alpha value is -0.120. The van der Waals surface area contributed by atoms with Gasteiger partial charge in [0.25, 0.3) is 0 Å². The van der Waals surface area contributed by atoms with E-state index in [-0.39, 0.29) is 0 Å².